The molecule has 1 aliphatic rings. The predicted molar refractivity (Wildman–Crippen MR) is 283 cm³/mol. The molecule has 0 aromatic heterocycles. The van der Waals surface area contributed by atoms with Gasteiger partial charge in [0.2, 0.25) is 17.7 Å². The van der Waals surface area contributed by atoms with Crippen LogP contribution >= 0.6 is 0 Å². The molecule has 0 unspecified atom stereocenters. The molecule has 0 spiro atoms. The summed E-state index contributed by atoms with van der Waals surface area (Å²) in [7, 11) is 0. The summed E-state index contributed by atoms with van der Waals surface area (Å²) >= 11 is 0. The summed E-state index contributed by atoms with van der Waals surface area (Å²) in [6.07, 6.45) is -28.0. The van der Waals surface area contributed by atoms with Crippen molar-refractivity contribution in [2.24, 2.45) is 5.73 Å². The van der Waals surface area contributed by atoms with Crippen molar-refractivity contribution in [1.82, 2.24) is 30.7 Å². The van der Waals surface area contributed by atoms with Crippen molar-refractivity contribution in [3.05, 3.63) is 12.2 Å². The minimum Gasteiger partial charge on any atom is -0.394 e. The lowest BCUT2D eigenvalue weighted by atomic mass is 9.99. The van der Waals surface area contributed by atoms with E-state index in [1.165, 1.54) is 23.6 Å². The number of nitrogens with zero attached hydrogens (tertiary/aromatic N) is 3. The normalized spacial score (nSPS) is 20.1. The molecule has 1 heterocycles. The van der Waals surface area contributed by atoms with E-state index in [1.54, 1.807) is 0 Å². The Morgan fingerprint density at radius 1 is 0.463 bits per heavy atom. The Labute approximate surface area is 474 Å². The first kappa shape index (κ1) is 76.1. The number of imide groups is 1. The molecule has 32 heteroatoms. The number of unbranched alkanes of at least 4 members (excludes halogenated alkanes) is 3. The van der Waals surface area contributed by atoms with Crippen LogP contribution in [0.3, 0.4) is 0 Å². The number of carbonyl (C=O) groups excluding carboxylic acids is 6. The van der Waals surface area contributed by atoms with Gasteiger partial charge in [-0.05, 0) is 90.8 Å². The third kappa shape index (κ3) is 26.1. The smallest absolute Gasteiger partial charge is 0.254 e. The van der Waals surface area contributed by atoms with Gasteiger partial charge in [0.05, 0.1) is 56.4 Å². The monoisotopic (exact) mass is 1190 g/mol. The lowest BCUT2D eigenvalue weighted by Crippen LogP contribution is -2.56. The van der Waals surface area contributed by atoms with Crippen LogP contribution in [-0.4, -0.2) is 335 Å². The maximum atomic E-state index is 14.2. The van der Waals surface area contributed by atoms with Gasteiger partial charge in [-0.2, -0.15) is 0 Å². The second-order valence-electron chi connectivity index (χ2n) is 20.7. The number of Topliss-reactive ketones (excluding diaryl/α,β-unsaturated/α-hetero) is 1. The van der Waals surface area contributed by atoms with Crippen molar-refractivity contribution >= 4 is 35.3 Å². The van der Waals surface area contributed by atoms with E-state index in [2.05, 4.69) is 16.0 Å². The highest BCUT2D eigenvalue weighted by atomic mass is 16.4. The summed E-state index contributed by atoms with van der Waals surface area (Å²) in [5, 5.41) is 201. The summed E-state index contributed by atoms with van der Waals surface area (Å²) in [6, 6.07) is -4.10. The Bertz CT molecular complexity index is 1840. The first-order valence-electron chi connectivity index (χ1n) is 27.3. The quantitative estimate of drug-likeness (QED) is 0.0199. The fourth-order valence-corrected chi connectivity index (χ4v) is 8.68. The molecule has 478 valence electrons. The highest BCUT2D eigenvalue weighted by Gasteiger charge is 2.37. The highest BCUT2D eigenvalue weighted by Crippen LogP contribution is 2.17. The molecule has 19 atom stereocenters. The van der Waals surface area contributed by atoms with Crippen LogP contribution in [0.15, 0.2) is 12.2 Å². The van der Waals surface area contributed by atoms with E-state index in [0.29, 0.717) is 11.3 Å². The second kappa shape index (κ2) is 39.6. The van der Waals surface area contributed by atoms with Crippen molar-refractivity contribution < 1.29 is 126 Å². The van der Waals surface area contributed by atoms with Gasteiger partial charge in [0.25, 0.3) is 11.8 Å². The molecule has 1 aliphatic heterocycles. The lowest BCUT2D eigenvalue weighted by molar-refractivity contribution is -0.141. The van der Waals surface area contributed by atoms with E-state index in [9.17, 15) is 126 Å². The van der Waals surface area contributed by atoms with Crippen LogP contribution in [0.4, 0.5) is 0 Å². The molecule has 0 fully saturated rings. The molecular weight excluding hydrogens is 1100 g/mol. The molecule has 0 aromatic rings. The minimum absolute atomic E-state index is 0.00439. The molecule has 0 radical (unpaired) electrons. The summed E-state index contributed by atoms with van der Waals surface area (Å²) in [4.78, 5) is 82.3. The average molecular weight is 1190 g/mol. The largest absolute Gasteiger partial charge is 0.394 e. The second-order valence-corrected chi connectivity index (χ2v) is 20.7. The molecule has 0 bridgehead atoms. The first-order chi connectivity index (χ1) is 38.5. The standard InChI is InChI=1S/C50H93N7O25/c1-3-30(62)41(73)42(74)31(63)18-55(19-32(64)43(75)46(78)35(67)23-58)16-8-5-10-27(26(2)61)53-50(82)29(11-4-7-15-51)54-49(81)28(52-38(70)22-57-39(71)13-14-40(57)72)12-6-9-17-56(20-33(65)44(76)47(79)36(68)24-59)21-34(66)45(77)48(80)37(69)25-60/h13-14,27-37,41-48,58-60,62-69,73-80H,3-12,15-25,51H2,1-2H3,(H,52,70)(H,53,82)(H,54,81)/t27-,28-,29-,30+,31-,32-,33-,34-,35+,36+,37+,41+,42+,43+,44+,45+,46+,47+,48+/m0/s1. The summed E-state index contributed by atoms with van der Waals surface area (Å²) in [5.41, 5.74) is 5.71. The number of ketones is 1. The number of amides is 5. The van der Waals surface area contributed by atoms with Crippen LogP contribution in [0.1, 0.15) is 78.1 Å². The van der Waals surface area contributed by atoms with Crippen LogP contribution < -0.4 is 21.7 Å². The van der Waals surface area contributed by atoms with Crippen molar-refractivity contribution in [2.75, 3.05) is 72.2 Å². The molecule has 0 saturated heterocycles. The fraction of sp³-hybridized carbons (Fsp3) is 0.840. The SMILES string of the molecule is CC[C@@H](O)[C@@H](O)[C@H](O)[C@@H](O)CN(CCCC[C@H](NC(=O)[C@H](CCCCN)NC(=O)[C@H](CCCCN(C[C@H](O)[C@@H](O)[C@H](O)[C@H](O)CO)C[C@H](O)[C@@H](O)[C@H](O)[C@H](O)CO)NC(=O)CN1C(=O)C=CC1=O)C(C)=O)C[C@H](O)[C@@H](O)[C@H](O)[C@H](O)CO. The van der Waals surface area contributed by atoms with Gasteiger partial charge in [0.1, 0.15) is 85.8 Å². The zero-order chi connectivity index (χ0) is 62.6. The van der Waals surface area contributed by atoms with Gasteiger partial charge in [0.15, 0.2) is 5.78 Å². The van der Waals surface area contributed by atoms with E-state index >= 15 is 0 Å². The summed E-state index contributed by atoms with van der Waals surface area (Å²) in [5.74, 6) is -4.98. The fourth-order valence-electron chi connectivity index (χ4n) is 8.68. The third-order valence-corrected chi connectivity index (χ3v) is 14.0. The maximum Gasteiger partial charge on any atom is 0.254 e. The van der Waals surface area contributed by atoms with Crippen molar-refractivity contribution in [3.8, 4) is 0 Å². The minimum atomic E-state index is -2.08. The summed E-state index contributed by atoms with van der Waals surface area (Å²) in [6.45, 7) is -3.41. The predicted octanol–water partition coefficient (Wildman–Crippen LogP) is -11.8. The molecule has 5 amide bonds. The van der Waals surface area contributed by atoms with Gasteiger partial charge < -0.3 is 119 Å². The zero-order valence-corrected chi connectivity index (χ0v) is 46.3. The lowest BCUT2D eigenvalue weighted by Gasteiger charge is -2.33. The molecule has 0 saturated carbocycles. The Hall–Kier alpha value is -3.92. The Kier molecular flexibility index (Phi) is 36.8. The van der Waals surface area contributed by atoms with Gasteiger partial charge >= 0.3 is 0 Å². The van der Waals surface area contributed by atoms with Crippen LogP contribution in [0.2, 0.25) is 0 Å². The van der Waals surface area contributed by atoms with Crippen LogP contribution in [0, 0.1) is 0 Å². The van der Waals surface area contributed by atoms with E-state index < -0.39 is 204 Å². The number of nitrogens with two attached hydrogens (primary N) is 1. The number of aliphatic hydroxyl groups is 19. The number of carbonyl (C=O) groups is 6. The maximum absolute atomic E-state index is 14.2. The van der Waals surface area contributed by atoms with E-state index in [4.69, 9.17) is 5.73 Å². The van der Waals surface area contributed by atoms with Crippen molar-refractivity contribution in [2.45, 2.75) is 194 Å². The average Bonchev–Trinajstić information content (AvgIpc) is 3.77. The number of hydrogen-bond acceptors (Lipinski definition) is 28. The van der Waals surface area contributed by atoms with Crippen LogP contribution in [0.5, 0.6) is 0 Å². The zero-order valence-electron chi connectivity index (χ0n) is 46.3. The molecule has 24 N–H and O–H groups in total. The van der Waals surface area contributed by atoms with Gasteiger partial charge in [0, 0.05) is 38.3 Å². The van der Waals surface area contributed by atoms with Gasteiger partial charge in [-0.25, -0.2) is 0 Å². The van der Waals surface area contributed by atoms with E-state index in [-0.39, 0.29) is 77.4 Å². The van der Waals surface area contributed by atoms with Crippen LogP contribution in [-0.2, 0) is 28.8 Å². The van der Waals surface area contributed by atoms with Gasteiger partial charge in [-0.3, -0.25) is 43.5 Å². The topological polar surface area (TPSA) is 559 Å². The third-order valence-electron chi connectivity index (χ3n) is 14.0. The van der Waals surface area contributed by atoms with Gasteiger partial charge in [-0.15, -0.1) is 0 Å². The number of hydrogen-bond donors (Lipinski definition) is 23. The van der Waals surface area contributed by atoms with Crippen LogP contribution in [0.25, 0.3) is 0 Å². The number of rotatable bonds is 46. The number of nitrogens with one attached hydrogen (secondary N) is 3. The molecule has 0 aliphatic carbocycles. The molecule has 32 nitrogen and oxygen atoms in total. The molecular formula is C50H93N7O25. The highest BCUT2D eigenvalue weighted by molar-refractivity contribution is 6.14. The van der Waals surface area contributed by atoms with Gasteiger partial charge in [-0.1, -0.05) is 6.92 Å². The number of aliphatic hydroxyl groups excluding tert-OH is 19. The molecule has 82 heavy (non-hydrogen) atoms. The first-order valence-corrected chi connectivity index (χ1v) is 27.3. The van der Waals surface area contributed by atoms with Crippen molar-refractivity contribution in [1.29, 1.82) is 0 Å². The van der Waals surface area contributed by atoms with Crippen molar-refractivity contribution in [3.63, 3.8) is 0 Å². The Balaban J connectivity index is 3.42. The Morgan fingerprint density at radius 3 is 1.10 bits per heavy atom. The van der Waals surface area contributed by atoms with E-state index in [0.717, 1.165) is 12.2 Å². The summed E-state index contributed by atoms with van der Waals surface area (Å²) < 4.78 is 0. The Morgan fingerprint density at radius 2 is 0.768 bits per heavy atom. The molecule has 1 rings (SSSR count). The van der Waals surface area contributed by atoms with E-state index in [1.807, 2.05) is 0 Å². The molecule has 0 aromatic carbocycles.